The Morgan fingerprint density at radius 3 is 2.52 bits per heavy atom. The van der Waals surface area contributed by atoms with Crippen LogP contribution in [0.15, 0.2) is 48.7 Å². The van der Waals surface area contributed by atoms with Crippen LogP contribution in [0.25, 0.3) is 11.3 Å². The Bertz CT molecular complexity index is 1040. The number of nitrogens with zero attached hydrogens (tertiary/aromatic N) is 5. The minimum absolute atomic E-state index is 0.0432. The molecule has 1 aliphatic heterocycles. The number of anilines is 1. The van der Waals surface area contributed by atoms with E-state index in [1.165, 1.54) is 12.1 Å². The maximum absolute atomic E-state index is 13.2. The van der Waals surface area contributed by atoms with Gasteiger partial charge in [0.1, 0.15) is 23.9 Å². The first kappa shape index (κ1) is 20.8. The number of aromatic nitrogens is 3. The molecule has 0 N–H and O–H groups in total. The molecule has 2 aromatic heterocycles. The standard InChI is InChI=1S/C23H26FN5O2/c1-3-19-14-21(17-4-6-18(24)7-5-17)26-29(19)16-23(30)28-12-10-27(11-13-28)22-15-20(31-2)8-9-25-22/h4-9,14-15H,3,10-13,16H2,1-2H3. The van der Waals surface area contributed by atoms with E-state index in [0.717, 1.165) is 34.9 Å². The molecule has 7 nitrogen and oxygen atoms in total. The van der Waals surface area contributed by atoms with Crippen molar-refractivity contribution in [1.29, 1.82) is 0 Å². The van der Waals surface area contributed by atoms with Crippen molar-refractivity contribution in [2.75, 3.05) is 38.2 Å². The Kier molecular flexibility index (Phi) is 6.16. The molecule has 1 aliphatic rings. The normalized spacial score (nSPS) is 14.0. The number of piperazine rings is 1. The molecule has 1 saturated heterocycles. The molecule has 1 aromatic carbocycles. The average molecular weight is 423 g/mol. The second kappa shape index (κ2) is 9.16. The van der Waals surface area contributed by atoms with Gasteiger partial charge in [0, 0.05) is 49.7 Å². The third-order valence-electron chi connectivity index (χ3n) is 5.56. The van der Waals surface area contributed by atoms with Crippen LogP contribution in [0.2, 0.25) is 0 Å². The van der Waals surface area contributed by atoms with Gasteiger partial charge in [-0.25, -0.2) is 9.37 Å². The summed E-state index contributed by atoms with van der Waals surface area (Å²) in [7, 11) is 1.64. The van der Waals surface area contributed by atoms with Gasteiger partial charge in [0.15, 0.2) is 0 Å². The summed E-state index contributed by atoms with van der Waals surface area (Å²) in [4.78, 5) is 21.4. The fourth-order valence-electron chi connectivity index (χ4n) is 3.75. The van der Waals surface area contributed by atoms with Crippen molar-refractivity contribution in [2.24, 2.45) is 0 Å². The molecule has 0 atom stereocenters. The van der Waals surface area contributed by atoms with Crippen LogP contribution in [0.1, 0.15) is 12.6 Å². The molecule has 0 saturated carbocycles. The minimum atomic E-state index is -0.280. The topological polar surface area (TPSA) is 63.5 Å². The van der Waals surface area contributed by atoms with Gasteiger partial charge in [0.25, 0.3) is 0 Å². The van der Waals surface area contributed by atoms with Crippen LogP contribution in [-0.4, -0.2) is 58.9 Å². The number of ether oxygens (including phenoxy) is 1. The Morgan fingerprint density at radius 2 is 1.84 bits per heavy atom. The number of rotatable bonds is 6. The smallest absolute Gasteiger partial charge is 0.244 e. The molecule has 0 radical (unpaired) electrons. The van der Waals surface area contributed by atoms with E-state index in [4.69, 9.17) is 4.74 Å². The van der Waals surface area contributed by atoms with E-state index in [9.17, 15) is 9.18 Å². The van der Waals surface area contributed by atoms with E-state index in [1.54, 1.807) is 30.1 Å². The van der Waals surface area contributed by atoms with Gasteiger partial charge < -0.3 is 14.5 Å². The average Bonchev–Trinajstić information content (AvgIpc) is 3.22. The fraction of sp³-hybridized carbons (Fsp3) is 0.348. The van der Waals surface area contributed by atoms with Crippen molar-refractivity contribution in [3.63, 3.8) is 0 Å². The van der Waals surface area contributed by atoms with Gasteiger partial charge in [-0.05, 0) is 42.8 Å². The van der Waals surface area contributed by atoms with E-state index in [0.29, 0.717) is 26.2 Å². The van der Waals surface area contributed by atoms with E-state index in [1.807, 2.05) is 30.0 Å². The molecule has 3 aromatic rings. The van der Waals surface area contributed by atoms with E-state index < -0.39 is 0 Å². The molecule has 162 valence electrons. The predicted molar refractivity (Wildman–Crippen MR) is 117 cm³/mol. The molecule has 3 heterocycles. The zero-order valence-electron chi connectivity index (χ0n) is 17.8. The Morgan fingerprint density at radius 1 is 1.10 bits per heavy atom. The molecule has 1 amide bonds. The highest BCUT2D eigenvalue weighted by molar-refractivity contribution is 5.76. The first-order chi connectivity index (χ1) is 15.1. The molecule has 0 bridgehead atoms. The highest BCUT2D eigenvalue weighted by Gasteiger charge is 2.23. The first-order valence-electron chi connectivity index (χ1n) is 10.4. The lowest BCUT2D eigenvalue weighted by Crippen LogP contribution is -2.50. The molecule has 8 heteroatoms. The summed E-state index contributed by atoms with van der Waals surface area (Å²) in [6, 6.07) is 11.9. The van der Waals surface area contributed by atoms with Gasteiger partial charge in [0.05, 0.1) is 12.8 Å². The van der Waals surface area contributed by atoms with Gasteiger partial charge in [-0.1, -0.05) is 6.92 Å². The van der Waals surface area contributed by atoms with Crippen LogP contribution in [-0.2, 0) is 17.8 Å². The third kappa shape index (κ3) is 4.68. The number of amides is 1. The molecule has 4 rings (SSSR count). The second-order valence-corrected chi connectivity index (χ2v) is 7.46. The summed E-state index contributed by atoms with van der Waals surface area (Å²) in [5, 5.41) is 4.61. The number of pyridine rings is 1. The zero-order chi connectivity index (χ0) is 21.8. The minimum Gasteiger partial charge on any atom is -0.497 e. The number of hydrogen-bond acceptors (Lipinski definition) is 5. The van der Waals surface area contributed by atoms with Gasteiger partial charge >= 0.3 is 0 Å². The lowest BCUT2D eigenvalue weighted by atomic mass is 10.1. The van der Waals surface area contributed by atoms with E-state index in [2.05, 4.69) is 15.0 Å². The van der Waals surface area contributed by atoms with Gasteiger partial charge in [-0.3, -0.25) is 9.48 Å². The van der Waals surface area contributed by atoms with Crippen molar-refractivity contribution in [1.82, 2.24) is 19.7 Å². The summed E-state index contributed by atoms with van der Waals surface area (Å²) in [5.74, 6) is 1.39. The summed E-state index contributed by atoms with van der Waals surface area (Å²) < 4.78 is 20.2. The van der Waals surface area contributed by atoms with Crippen LogP contribution < -0.4 is 9.64 Å². The maximum Gasteiger partial charge on any atom is 0.244 e. The van der Waals surface area contributed by atoms with Crippen molar-refractivity contribution >= 4 is 11.7 Å². The lowest BCUT2D eigenvalue weighted by molar-refractivity contribution is -0.132. The number of carbonyl (C=O) groups is 1. The SMILES string of the molecule is CCc1cc(-c2ccc(F)cc2)nn1CC(=O)N1CCN(c2cc(OC)ccn2)CC1. The van der Waals surface area contributed by atoms with Gasteiger partial charge in [0.2, 0.25) is 5.91 Å². The second-order valence-electron chi connectivity index (χ2n) is 7.46. The van der Waals surface area contributed by atoms with E-state index >= 15 is 0 Å². The maximum atomic E-state index is 13.2. The number of benzene rings is 1. The van der Waals surface area contributed by atoms with Crippen molar-refractivity contribution in [2.45, 2.75) is 19.9 Å². The number of carbonyl (C=O) groups excluding carboxylic acids is 1. The van der Waals surface area contributed by atoms with Crippen LogP contribution in [0.5, 0.6) is 5.75 Å². The molecular formula is C23H26FN5O2. The Labute approximate surface area is 181 Å². The Balaban J connectivity index is 1.40. The summed E-state index contributed by atoms with van der Waals surface area (Å²) >= 11 is 0. The molecule has 0 spiro atoms. The Hall–Kier alpha value is -3.42. The third-order valence-corrected chi connectivity index (χ3v) is 5.56. The molecular weight excluding hydrogens is 397 g/mol. The van der Waals surface area contributed by atoms with Gasteiger partial charge in [-0.15, -0.1) is 0 Å². The first-order valence-corrected chi connectivity index (χ1v) is 10.4. The summed E-state index contributed by atoms with van der Waals surface area (Å²) in [6.07, 6.45) is 2.49. The fourth-order valence-corrected chi connectivity index (χ4v) is 3.75. The van der Waals surface area contributed by atoms with Crippen LogP contribution in [0, 0.1) is 5.82 Å². The summed E-state index contributed by atoms with van der Waals surface area (Å²) in [6.45, 7) is 4.92. The highest BCUT2D eigenvalue weighted by Crippen LogP contribution is 2.21. The largest absolute Gasteiger partial charge is 0.497 e. The van der Waals surface area contributed by atoms with Gasteiger partial charge in [-0.2, -0.15) is 5.10 Å². The molecule has 1 fully saturated rings. The number of methoxy groups -OCH3 is 1. The van der Waals surface area contributed by atoms with Crippen molar-refractivity contribution in [3.8, 4) is 17.0 Å². The summed E-state index contributed by atoms with van der Waals surface area (Å²) in [5.41, 5.74) is 2.56. The highest BCUT2D eigenvalue weighted by atomic mass is 19.1. The van der Waals surface area contributed by atoms with Crippen molar-refractivity contribution in [3.05, 3.63) is 60.2 Å². The van der Waals surface area contributed by atoms with E-state index in [-0.39, 0.29) is 18.3 Å². The van der Waals surface area contributed by atoms with Crippen LogP contribution >= 0.6 is 0 Å². The number of hydrogen-bond donors (Lipinski definition) is 0. The van der Waals surface area contributed by atoms with Crippen LogP contribution in [0.3, 0.4) is 0 Å². The molecule has 0 unspecified atom stereocenters. The van der Waals surface area contributed by atoms with Crippen LogP contribution in [0.4, 0.5) is 10.2 Å². The lowest BCUT2D eigenvalue weighted by Gasteiger charge is -2.35. The van der Waals surface area contributed by atoms with Crippen molar-refractivity contribution < 1.29 is 13.9 Å². The number of halogens is 1. The predicted octanol–water partition coefficient (Wildman–Crippen LogP) is 3.00. The quantitative estimate of drug-likeness (QED) is 0.610. The molecule has 31 heavy (non-hydrogen) atoms. The number of aryl methyl sites for hydroxylation is 1. The zero-order valence-corrected chi connectivity index (χ0v) is 17.8. The monoisotopic (exact) mass is 423 g/mol. The molecule has 0 aliphatic carbocycles.